The van der Waals surface area contributed by atoms with E-state index in [1.165, 1.54) is 0 Å². The van der Waals surface area contributed by atoms with Gasteiger partial charge in [-0.3, -0.25) is 4.79 Å². The number of aryl methyl sites for hydroxylation is 1. The zero-order valence-corrected chi connectivity index (χ0v) is 10.7. The van der Waals surface area contributed by atoms with Gasteiger partial charge in [-0.15, -0.1) is 0 Å². The minimum absolute atomic E-state index is 0.0268. The molecule has 0 bridgehead atoms. The summed E-state index contributed by atoms with van der Waals surface area (Å²) in [5.41, 5.74) is 1.71. The Balaban J connectivity index is 2.72. The fraction of sp³-hybridized carbons (Fsp3) is 0.333. The third-order valence-electron chi connectivity index (χ3n) is 3.04. The summed E-state index contributed by atoms with van der Waals surface area (Å²) in [5.74, 6) is 0. The number of nitrogens with zero attached hydrogens (tertiary/aromatic N) is 2. The van der Waals surface area contributed by atoms with Crippen molar-refractivity contribution in [2.24, 2.45) is 0 Å². The zero-order valence-electron chi connectivity index (χ0n) is 10.7. The number of benzene rings is 1. The van der Waals surface area contributed by atoms with Crippen molar-refractivity contribution in [1.82, 2.24) is 4.57 Å². The first-order valence-corrected chi connectivity index (χ1v) is 6.15. The van der Waals surface area contributed by atoms with Crippen molar-refractivity contribution in [1.29, 1.82) is 5.26 Å². The zero-order chi connectivity index (χ0) is 13.1. The van der Waals surface area contributed by atoms with Gasteiger partial charge in [0.2, 0.25) is 0 Å². The van der Waals surface area contributed by atoms with E-state index in [0.29, 0.717) is 12.8 Å². The molecule has 0 radical (unpaired) electrons. The predicted octanol–water partition coefficient (Wildman–Crippen LogP) is 3.04. The lowest BCUT2D eigenvalue weighted by Crippen LogP contribution is -2.25. The Morgan fingerprint density at radius 1 is 1.33 bits per heavy atom. The van der Waals surface area contributed by atoms with Gasteiger partial charge in [-0.2, -0.15) is 5.26 Å². The minimum Gasteiger partial charge on any atom is -0.306 e. The molecule has 1 aromatic heterocycles. The van der Waals surface area contributed by atoms with Crippen LogP contribution in [0, 0.1) is 11.3 Å². The summed E-state index contributed by atoms with van der Waals surface area (Å²) >= 11 is 0. The Bertz CT molecular complexity index is 662. The summed E-state index contributed by atoms with van der Waals surface area (Å²) in [7, 11) is 0. The van der Waals surface area contributed by atoms with Crippen molar-refractivity contribution in [3.8, 4) is 6.07 Å². The summed E-state index contributed by atoms with van der Waals surface area (Å²) < 4.78 is 1.81. The van der Waals surface area contributed by atoms with Crippen molar-refractivity contribution in [2.45, 2.75) is 32.7 Å². The number of hydrogen-bond donors (Lipinski definition) is 0. The summed E-state index contributed by atoms with van der Waals surface area (Å²) in [5, 5.41) is 9.71. The molecule has 92 valence electrons. The first-order chi connectivity index (χ1) is 8.65. The summed E-state index contributed by atoms with van der Waals surface area (Å²) in [4.78, 5) is 12.4. The number of rotatable bonds is 3. The van der Waals surface area contributed by atoms with E-state index in [9.17, 15) is 4.79 Å². The Morgan fingerprint density at radius 3 is 2.72 bits per heavy atom. The lowest BCUT2D eigenvalue weighted by atomic mass is 10.1. The van der Waals surface area contributed by atoms with Crippen LogP contribution < -0.4 is 5.56 Å². The molecular formula is C15H16N2O. The van der Waals surface area contributed by atoms with Crippen LogP contribution in [-0.2, 0) is 6.42 Å². The first-order valence-electron chi connectivity index (χ1n) is 6.15. The Kier molecular flexibility index (Phi) is 3.47. The van der Waals surface area contributed by atoms with Gasteiger partial charge in [0.1, 0.15) is 0 Å². The van der Waals surface area contributed by atoms with Gasteiger partial charge in [-0.25, -0.2) is 0 Å². The lowest BCUT2D eigenvalue weighted by molar-refractivity contribution is 0.595. The highest BCUT2D eigenvalue weighted by Crippen LogP contribution is 2.17. The Morgan fingerprint density at radius 2 is 2.06 bits per heavy atom. The predicted molar refractivity (Wildman–Crippen MR) is 72.5 cm³/mol. The molecule has 0 amide bonds. The lowest BCUT2D eigenvalue weighted by Gasteiger charge is -2.15. The molecule has 0 aliphatic heterocycles. The van der Waals surface area contributed by atoms with E-state index in [4.69, 9.17) is 5.26 Å². The normalized spacial score (nSPS) is 10.8. The Hall–Kier alpha value is -2.08. The summed E-state index contributed by atoms with van der Waals surface area (Å²) in [6.45, 7) is 4.00. The highest BCUT2D eigenvalue weighted by Gasteiger charge is 2.10. The fourth-order valence-electron chi connectivity index (χ4n) is 2.22. The smallest absolute Gasteiger partial charge is 0.254 e. The number of nitriles is 1. The average molecular weight is 240 g/mol. The van der Waals surface area contributed by atoms with E-state index in [2.05, 4.69) is 6.07 Å². The highest BCUT2D eigenvalue weighted by molar-refractivity contribution is 5.79. The molecule has 1 heterocycles. The number of hydrogen-bond acceptors (Lipinski definition) is 2. The van der Waals surface area contributed by atoms with Crippen LogP contribution in [0.1, 0.15) is 31.9 Å². The standard InChI is InChI=1S/C15H16N2O/c1-11(2)17-14-8-4-3-6-12(14)10-13(15(17)18)7-5-9-16/h3-4,6,8,10-11H,5,7H2,1-2H3. The second kappa shape index (κ2) is 5.05. The van der Waals surface area contributed by atoms with Crippen molar-refractivity contribution in [3.63, 3.8) is 0 Å². The topological polar surface area (TPSA) is 45.8 Å². The molecular weight excluding hydrogens is 224 g/mol. The van der Waals surface area contributed by atoms with Crippen LogP contribution >= 0.6 is 0 Å². The van der Waals surface area contributed by atoms with Crippen LogP contribution in [0.3, 0.4) is 0 Å². The van der Waals surface area contributed by atoms with Gasteiger partial charge >= 0.3 is 0 Å². The maximum atomic E-state index is 12.4. The van der Waals surface area contributed by atoms with Crippen LogP contribution in [-0.4, -0.2) is 4.57 Å². The first kappa shape index (κ1) is 12.4. The van der Waals surface area contributed by atoms with Crippen LogP contribution in [0.5, 0.6) is 0 Å². The summed E-state index contributed by atoms with van der Waals surface area (Å²) in [6, 6.07) is 12.0. The molecule has 0 atom stereocenters. The number of aromatic nitrogens is 1. The molecule has 3 nitrogen and oxygen atoms in total. The quantitative estimate of drug-likeness (QED) is 0.827. The monoisotopic (exact) mass is 240 g/mol. The van der Waals surface area contributed by atoms with E-state index < -0.39 is 0 Å². The molecule has 2 rings (SSSR count). The molecule has 18 heavy (non-hydrogen) atoms. The second-order valence-corrected chi connectivity index (χ2v) is 4.66. The molecule has 0 aliphatic rings. The van der Waals surface area contributed by atoms with Crippen molar-refractivity contribution < 1.29 is 0 Å². The maximum Gasteiger partial charge on any atom is 0.254 e. The van der Waals surface area contributed by atoms with Crippen molar-refractivity contribution in [2.75, 3.05) is 0 Å². The molecule has 0 N–H and O–H groups in total. The van der Waals surface area contributed by atoms with E-state index in [1.807, 2.05) is 48.7 Å². The van der Waals surface area contributed by atoms with Gasteiger partial charge in [0.05, 0.1) is 11.6 Å². The molecule has 0 saturated carbocycles. The number of pyridine rings is 1. The maximum absolute atomic E-state index is 12.4. The van der Waals surface area contributed by atoms with Crippen LogP contribution in [0.2, 0.25) is 0 Å². The van der Waals surface area contributed by atoms with Crippen LogP contribution in [0.4, 0.5) is 0 Å². The van der Waals surface area contributed by atoms with Gasteiger partial charge in [-0.1, -0.05) is 18.2 Å². The number of para-hydroxylation sites is 1. The van der Waals surface area contributed by atoms with E-state index in [-0.39, 0.29) is 11.6 Å². The van der Waals surface area contributed by atoms with Crippen LogP contribution in [0.15, 0.2) is 35.1 Å². The van der Waals surface area contributed by atoms with Crippen LogP contribution in [0.25, 0.3) is 10.9 Å². The van der Waals surface area contributed by atoms with Gasteiger partial charge in [0.15, 0.2) is 0 Å². The van der Waals surface area contributed by atoms with Crippen molar-refractivity contribution >= 4 is 10.9 Å². The van der Waals surface area contributed by atoms with Crippen molar-refractivity contribution in [3.05, 3.63) is 46.2 Å². The molecule has 0 unspecified atom stereocenters. The number of fused-ring (bicyclic) bond motifs is 1. The van der Waals surface area contributed by atoms with E-state index >= 15 is 0 Å². The highest BCUT2D eigenvalue weighted by atomic mass is 16.1. The van der Waals surface area contributed by atoms with E-state index in [1.54, 1.807) is 0 Å². The molecule has 0 fully saturated rings. The molecule has 3 heteroatoms. The third kappa shape index (κ3) is 2.14. The largest absolute Gasteiger partial charge is 0.306 e. The van der Waals surface area contributed by atoms with Gasteiger partial charge < -0.3 is 4.57 Å². The molecule has 0 saturated heterocycles. The van der Waals surface area contributed by atoms with Gasteiger partial charge in [0.25, 0.3) is 5.56 Å². The SMILES string of the molecule is CC(C)n1c(=O)c(CCC#N)cc2ccccc21. The van der Waals surface area contributed by atoms with E-state index in [0.717, 1.165) is 16.5 Å². The molecule has 0 spiro atoms. The summed E-state index contributed by atoms with van der Waals surface area (Å²) in [6.07, 6.45) is 0.901. The van der Waals surface area contributed by atoms with Gasteiger partial charge in [0, 0.05) is 18.0 Å². The van der Waals surface area contributed by atoms with Gasteiger partial charge in [-0.05, 0) is 37.8 Å². The average Bonchev–Trinajstić information content (AvgIpc) is 2.35. The molecule has 0 aliphatic carbocycles. The minimum atomic E-state index is 0.0268. The molecule has 2 aromatic rings. The second-order valence-electron chi connectivity index (χ2n) is 4.66. The fourth-order valence-corrected chi connectivity index (χ4v) is 2.22. The Labute approximate surface area is 106 Å². The molecule has 1 aromatic carbocycles. The third-order valence-corrected chi connectivity index (χ3v) is 3.04.